The first-order valence-electron chi connectivity index (χ1n) is 44.0. The fourth-order valence-corrected chi connectivity index (χ4v) is 23.6. The van der Waals surface area contributed by atoms with Gasteiger partial charge in [0.05, 0.1) is 0 Å². The second-order valence-electron chi connectivity index (χ2n) is 35.8. The summed E-state index contributed by atoms with van der Waals surface area (Å²) in [6.07, 6.45) is 11.0. The molecule has 0 heterocycles. The van der Waals surface area contributed by atoms with Crippen LogP contribution in [0.3, 0.4) is 0 Å². The molecular weight excluding hydrogens is 1460 g/mol. The minimum Gasteiger partial charge on any atom is -0.311 e. The molecule has 121 heavy (non-hydrogen) atoms. The van der Waals surface area contributed by atoms with E-state index in [9.17, 15) is 0 Å². The molecule has 2 spiro atoms. The van der Waals surface area contributed by atoms with E-state index in [4.69, 9.17) is 0 Å². The molecule has 0 saturated heterocycles. The van der Waals surface area contributed by atoms with Crippen molar-refractivity contribution in [2.24, 2.45) is 23.7 Å². The van der Waals surface area contributed by atoms with Crippen LogP contribution in [0.15, 0.2) is 413 Å². The Morgan fingerprint density at radius 3 is 0.843 bits per heavy atom. The first-order valence-corrected chi connectivity index (χ1v) is 44.0. The fraction of sp³-hybridized carbons (Fsp3) is 0.143. The Kier molecular flexibility index (Phi) is 17.6. The summed E-state index contributed by atoms with van der Waals surface area (Å²) in [5, 5.41) is 0. The van der Waals surface area contributed by atoms with Crippen molar-refractivity contribution < 1.29 is 0 Å². The van der Waals surface area contributed by atoms with E-state index >= 15 is 0 Å². The molecule has 4 fully saturated rings. The monoisotopic (exact) mass is 1550 g/mol. The topological polar surface area (TPSA) is 6.48 Å². The van der Waals surface area contributed by atoms with Crippen molar-refractivity contribution >= 4 is 34.1 Å². The van der Waals surface area contributed by atoms with Gasteiger partial charge in [0.2, 0.25) is 0 Å². The van der Waals surface area contributed by atoms with Gasteiger partial charge in [-0.05, 0) is 291 Å². The maximum Gasteiger partial charge on any atom is 0.0465 e. The fourth-order valence-electron chi connectivity index (χ4n) is 23.6. The summed E-state index contributed by atoms with van der Waals surface area (Å²) in [6, 6.07) is 153. The van der Waals surface area contributed by atoms with Gasteiger partial charge < -0.3 is 9.80 Å². The molecule has 0 aliphatic heterocycles. The Morgan fingerprint density at radius 2 is 0.463 bits per heavy atom. The molecule has 17 aromatic rings. The van der Waals surface area contributed by atoms with Crippen LogP contribution in [-0.4, -0.2) is 0 Å². The minimum atomic E-state index is -0.0818. The van der Waals surface area contributed by atoms with E-state index in [1.54, 1.807) is 22.3 Å². The molecule has 6 unspecified atom stereocenters. The normalized spacial score (nSPS) is 19.0. The summed E-state index contributed by atoms with van der Waals surface area (Å²) in [5.74, 6) is 3.28. The number of rotatable bonds is 14. The molecule has 0 radical (unpaired) electrons. The van der Waals surface area contributed by atoms with Crippen molar-refractivity contribution in [3.63, 3.8) is 0 Å². The van der Waals surface area contributed by atoms with Crippen LogP contribution in [0, 0.1) is 23.7 Å². The number of nitrogens with zero attached hydrogens (tertiary/aromatic N) is 2. The maximum atomic E-state index is 2.46. The van der Waals surface area contributed by atoms with E-state index < -0.39 is 0 Å². The smallest absolute Gasteiger partial charge is 0.0465 e. The number of hydrogen-bond donors (Lipinski definition) is 0. The number of hydrogen-bond acceptors (Lipinski definition) is 2. The lowest BCUT2D eigenvalue weighted by Gasteiger charge is -2.36. The Balaban J connectivity index is 0.000000141. The molecule has 2 nitrogen and oxygen atoms in total. The van der Waals surface area contributed by atoms with Gasteiger partial charge >= 0.3 is 0 Å². The third-order valence-electron chi connectivity index (χ3n) is 29.2. The predicted octanol–water partition coefficient (Wildman–Crippen LogP) is 32.1. The lowest BCUT2D eigenvalue weighted by atomic mass is 9.66. The van der Waals surface area contributed by atoms with Crippen LogP contribution in [0.1, 0.15) is 98.6 Å². The molecule has 7 aliphatic carbocycles. The van der Waals surface area contributed by atoms with E-state index in [2.05, 4.69) is 436 Å². The zero-order valence-electron chi connectivity index (χ0n) is 68.6. The summed E-state index contributed by atoms with van der Waals surface area (Å²) in [7, 11) is 0. The van der Waals surface area contributed by atoms with Gasteiger partial charge in [0.25, 0.3) is 0 Å². The third kappa shape index (κ3) is 12.1. The van der Waals surface area contributed by atoms with Crippen LogP contribution in [-0.2, 0) is 16.2 Å². The maximum absolute atomic E-state index is 2.46. The quantitative estimate of drug-likeness (QED) is 0.107. The third-order valence-corrected chi connectivity index (χ3v) is 29.2. The zero-order chi connectivity index (χ0) is 80.3. The second-order valence-corrected chi connectivity index (χ2v) is 35.8. The van der Waals surface area contributed by atoms with Crippen molar-refractivity contribution in [3.05, 3.63) is 446 Å². The molecule has 0 amide bonds. The first-order chi connectivity index (χ1) is 59.7. The summed E-state index contributed by atoms with van der Waals surface area (Å²) in [4.78, 5) is 4.78. The summed E-state index contributed by atoms with van der Waals surface area (Å²) < 4.78 is 0. The molecule has 17 aromatic carbocycles. The van der Waals surface area contributed by atoms with Crippen molar-refractivity contribution in [3.8, 4) is 122 Å². The Hall–Kier alpha value is -13.7. The van der Waals surface area contributed by atoms with Gasteiger partial charge in [0, 0.05) is 50.4 Å². The molecule has 0 N–H and O–H groups in total. The van der Waals surface area contributed by atoms with Crippen LogP contribution < -0.4 is 9.80 Å². The van der Waals surface area contributed by atoms with E-state index in [1.807, 2.05) is 0 Å². The average molecular weight is 1550 g/mol. The van der Waals surface area contributed by atoms with E-state index in [0.29, 0.717) is 0 Å². The Morgan fingerprint density at radius 1 is 0.198 bits per heavy atom. The molecular formula is C119H94N2. The highest BCUT2D eigenvalue weighted by Crippen LogP contribution is 2.69. The van der Waals surface area contributed by atoms with E-state index in [0.717, 1.165) is 52.1 Å². The number of anilines is 6. The molecule has 580 valence electrons. The largest absolute Gasteiger partial charge is 0.311 e. The van der Waals surface area contributed by atoms with Crippen LogP contribution in [0.5, 0.6) is 0 Å². The van der Waals surface area contributed by atoms with Gasteiger partial charge in [0.1, 0.15) is 0 Å². The highest BCUT2D eigenvalue weighted by Gasteiger charge is 2.58. The second kappa shape index (κ2) is 29.4. The van der Waals surface area contributed by atoms with Crippen LogP contribution in [0.4, 0.5) is 34.1 Å². The predicted molar refractivity (Wildman–Crippen MR) is 507 cm³/mol. The summed E-state index contributed by atoms with van der Waals surface area (Å²) >= 11 is 0. The highest BCUT2D eigenvalue weighted by molar-refractivity contribution is 5.97. The molecule has 0 aromatic heterocycles. The van der Waals surface area contributed by atoms with E-state index in [-0.39, 0.29) is 16.2 Å². The van der Waals surface area contributed by atoms with Crippen LogP contribution in [0.25, 0.3) is 122 Å². The van der Waals surface area contributed by atoms with Crippen molar-refractivity contribution in [1.82, 2.24) is 0 Å². The van der Waals surface area contributed by atoms with E-state index in [1.165, 1.54) is 191 Å². The molecule has 4 bridgehead atoms. The van der Waals surface area contributed by atoms with Gasteiger partial charge in [-0.25, -0.2) is 0 Å². The van der Waals surface area contributed by atoms with Crippen LogP contribution >= 0.6 is 0 Å². The van der Waals surface area contributed by atoms with Gasteiger partial charge in [-0.15, -0.1) is 0 Å². The van der Waals surface area contributed by atoms with Gasteiger partial charge in [-0.1, -0.05) is 366 Å². The molecule has 2 heteroatoms. The molecule has 4 saturated carbocycles. The Bertz CT molecular complexity index is 6770. The standard InChI is InChI=1S/C61H47N.C58H47N/c1-3-12-43(13-4-1)45-27-34-51(35-28-45)62(53-38-31-48(32-39-53)55-17-8-7-16-54(55)47-14-5-2-6-15-47)52-36-29-46(30-37-52)44-23-25-49(26-24-44)56-19-11-21-59-60(56)57-18-9-10-20-58(57)61(59)41-42-22-33-50(61)40-42;1-57(2)52-16-8-6-13-49(52)50-34-33-47(36-55(50)57)59(45-29-24-41(25-30-45)39-11-4-3-5-12-39)46-31-26-42(27-32-46)40-20-22-43(23-21-40)48-15-10-18-54-56(48)51-14-7-9-17-53(51)58(54)37-38-19-28-44(58)35-38/h1-21,23-32,34-39,42,50H,22,33,40-41H2;3-18,20-27,29-34,36,38,44H,19,28,35,37H2,1-2H3. The van der Waals surface area contributed by atoms with Gasteiger partial charge in [-0.2, -0.15) is 0 Å². The highest BCUT2D eigenvalue weighted by atomic mass is 15.1. The average Bonchev–Trinajstić information content (AvgIpc) is 1.53. The van der Waals surface area contributed by atoms with Crippen molar-refractivity contribution in [2.45, 2.75) is 81.5 Å². The number of fused-ring (bicyclic) bond motifs is 19. The van der Waals surface area contributed by atoms with Crippen molar-refractivity contribution in [2.75, 3.05) is 9.80 Å². The number of benzene rings is 17. The summed E-state index contributed by atoms with van der Waals surface area (Å²) in [5.41, 5.74) is 44.7. The SMILES string of the molecule is CC1(C)c2ccccc2-c2ccc(N(c3ccc(-c4ccccc4)cc3)c3ccc(-c4ccc(-c5cccc6c5-c5ccccc5C65CC6CCC5C6)cc4)cc3)cc21.c1ccc(-c2ccc(N(c3ccc(-c4ccc(-c5cccc6c5-c5ccccc5C65CC6CCC5C6)cc4)cc3)c3ccc(-c4ccccc4-c4ccccc4)cc3)cc2)cc1. The first kappa shape index (κ1) is 72.6. The van der Waals surface area contributed by atoms with Crippen LogP contribution in [0.2, 0.25) is 0 Å². The molecule has 6 atom stereocenters. The lowest BCUT2D eigenvalue weighted by molar-refractivity contribution is 0.327. The Labute approximate surface area is 712 Å². The zero-order valence-corrected chi connectivity index (χ0v) is 68.6. The molecule has 7 aliphatic rings. The lowest BCUT2D eigenvalue weighted by Crippen LogP contribution is -2.31. The minimum absolute atomic E-state index is 0.0818. The van der Waals surface area contributed by atoms with Gasteiger partial charge in [0.15, 0.2) is 0 Å². The van der Waals surface area contributed by atoms with Crippen molar-refractivity contribution in [1.29, 1.82) is 0 Å². The molecule has 24 rings (SSSR count). The van der Waals surface area contributed by atoms with Gasteiger partial charge in [-0.3, -0.25) is 0 Å². The summed E-state index contributed by atoms with van der Waals surface area (Å²) in [6.45, 7) is 4.72.